The smallest absolute Gasteiger partial charge is 0.159 e. The van der Waals surface area contributed by atoms with E-state index in [9.17, 15) is 0 Å². The first-order chi connectivity index (χ1) is 29.5. The van der Waals surface area contributed by atoms with Crippen LogP contribution in [0.25, 0.3) is 82.8 Å². The van der Waals surface area contributed by atoms with E-state index in [0.29, 0.717) is 0 Å². The van der Waals surface area contributed by atoms with Crippen molar-refractivity contribution >= 4 is 60.8 Å². The van der Waals surface area contributed by atoms with Crippen LogP contribution in [-0.4, -0.2) is 4.57 Å². The van der Waals surface area contributed by atoms with Crippen molar-refractivity contribution < 1.29 is 4.42 Å². The number of benzene rings is 9. The van der Waals surface area contributed by atoms with E-state index in [-0.39, 0.29) is 5.41 Å². The second-order valence-corrected chi connectivity index (χ2v) is 16.5. The van der Waals surface area contributed by atoms with E-state index in [1.807, 2.05) is 0 Å². The molecule has 0 bridgehead atoms. The van der Waals surface area contributed by atoms with E-state index in [2.05, 4.69) is 230 Å². The highest BCUT2D eigenvalue weighted by molar-refractivity contribution is 6.15. The third-order valence-corrected chi connectivity index (χ3v) is 12.8. The summed E-state index contributed by atoms with van der Waals surface area (Å²) in [7, 11) is 0. The average Bonchev–Trinajstić information content (AvgIpc) is 3.93. The molecule has 1 aliphatic rings. The van der Waals surface area contributed by atoms with E-state index in [0.717, 1.165) is 50.3 Å². The summed E-state index contributed by atoms with van der Waals surface area (Å²) in [6.45, 7) is 4.65. The Kier molecular flexibility index (Phi) is 7.58. The Bertz CT molecular complexity index is 3430. The minimum Gasteiger partial charge on any atom is -0.453 e. The fraction of sp³-hybridized carbons (Fsp3) is 0.0526. The van der Waals surface area contributed by atoms with Crippen molar-refractivity contribution in [3.05, 3.63) is 217 Å². The largest absolute Gasteiger partial charge is 0.453 e. The normalized spacial score (nSPS) is 13.0. The zero-order valence-corrected chi connectivity index (χ0v) is 33.4. The van der Waals surface area contributed by atoms with Gasteiger partial charge in [0, 0.05) is 49.6 Å². The van der Waals surface area contributed by atoms with Gasteiger partial charge in [-0.1, -0.05) is 159 Å². The minimum absolute atomic E-state index is 0.111. The average molecular weight is 769 g/mol. The molecule has 2 aromatic heterocycles. The van der Waals surface area contributed by atoms with Crippen LogP contribution in [0.1, 0.15) is 25.0 Å². The maximum absolute atomic E-state index is 7.15. The van der Waals surface area contributed by atoms with Crippen LogP contribution in [0, 0.1) is 0 Å². The van der Waals surface area contributed by atoms with Crippen LogP contribution in [0.2, 0.25) is 0 Å². The van der Waals surface area contributed by atoms with Crippen molar-refractivity contribution in [2.75, 3.05) is 4.90 Å². The van der Waals surface area contributed by atoms with Crippen LogP contribution in [0.4, 0.5) is 17.1 Å². The molecule has 0 radical (unpaired) electrons. The van der Waals surface area contributed by atoms with Gasteiger partial charge >= 0.3 is 0 Å². The summed E-state index contributed by atoms with van der Waals surface area (Å²) in [4.78, 5) is 2.35. The number of anilines is 3. The zero-order chi connectivity index (χ0) is 40.0. The molecular weight excluding hydrogens is 729 g/mol. The van der Waals surface area contributed by atoms with Gasteiger partial charge in [0.15, 0.2) is 5.58 Å². The number of para-hydroxylation sites is 3. The number of fused-ring (bicyclic) bond motifs is 10. The lowest BCUT2D eigenvalue weighted by molar-refractivity contribution is 0.653. The van der Waals surface area contributed by atoms with E-state index in [4.69, 9.17) is 4.42 Å². The first kappa shape index (κ1) is 34.4. The van der Waals surface area contributed by atoms with Gasteiger partial charge in [-0.05, 0) is 99.6 Å². The minimum atomic E-state index is -0.111. The molecule has 60 heavy (non-hydrogen) atoms. The summed E-state index contributed by atoms with van der Waals surface area (Å²) in [6, 6.07) is 74.6. The zero-order valence-electron chi connectivity index (χ0n) is 33.4. The first-order valence-corrected chi connectivity index (χ1v) is 20.8. The van der Waals surface area contributed by atoms with Crippen molar-refractivity contribution in [3.8, 4) is 39.1 Å². The summed E-state index contributed by atoms with van der Waals surface area (Å²) in [6.07, 6.45) is 0. The van der Waals surface area contributed by atoms with Gasteiger partial charge in [0.1, 0.15) is 5.58 Å². The molecule has 12 rings (SSSR count). The highest BCUT2D eigenvalue weighted by atomic mass is 16.3. The number of nitrogens with zero attached hydrogens (tertiary/aromatic N) is 2. The molecule has 2 heterocycles. The van der Waals surface area contributed by atoms with Crippen LogP contribution in [0.5, 0.6) is 0 Å². The van der Waals surface area contributed by atoms with Gasteiger partial charge in [-0.25, -0.2) is 0 Å². The number of hydrogen-bond donors (Lipinski definition) is 0. The molecule has 0 N–H and O–H groups in total. The Morgan fingerprint density at radius 1 is 0.417 bits per heavy atom. The topological polar surface area (TPSA) is 21.3 Å². The lowest BCUT2D eigenvalue weighted by atomic mass is 9.82. The van der Waals surface area contributed by atoms with Gasteiger partial charge < -0.3 is 13.9 Å². The second-order valence-electron chi connectivity index (χ2n) is 16.5. The molecule has 0 aliphatic heterocycles. The lowest BCUT2D eigenvalue weighted by Gasteiger charge is -2.26. The quantitative estimate of drug-likeness (QED) is 0.168. The molecule has 0 saturated carbocycles. The molecule has 9 aromatic carbocycles. The van der Waals surface area contributed by atoms with Crippen molar-refractivity contribution in [2.45, 2.75) is 19.3 Å². The standard InChI is InChI=1S/C57H40N2O/c1-57(2)49-21-11-9-19-47(49)54-50(57)34-33-46-45-20-13-23-53(55(45)60-56(46)54)58(42-29-24-38(25-30-42)37-14-5-3-6-15-37)43-31-26-39(27-32-43)40-28-35-52-48(36-40)44-18-10-12-22-51(44)59(52)41-16-7-4-8-17-41/h3-36H,1-2H3. The molecular formula is C57H40N2O. The molecule has 0 spiro atoms. The van der Waals surface area contributed by atoms with Crippen molar-refractivity contribution in [3.63, 3.8) is 0 Å². The molecule has 284 valence electrons. The van der Waals surface area contributed by atoms with Crippen molar-refractivity contribution in [2.24, 2.45) is 0 Å². The maximum Gasteiger partial charge on any atom is 0.159 e. The number of hydrogen-bond acceptors (Lipinski definition) is 2. The van der Waals surface area contributed by atoms with Crippen LogP contribution in [0.15, 0.2) is 211 Å². The van der Waals surface area contributed by atoms with Crippen LogP contribution in [0.3, 0.4) is 0 Å². The fourth-order valence-electron chi connectivity index (χ4n) is 9.87. The van der Waals surface area contributed by atoms with Crippen molar-refractivity contribution in [1.29, 1.82) is 0 Å². The van der Waals surface area contributed by atoms with Gasteiger partial charge in [0.2, 0.25) is 0 Å². The summed E-state index contributed by atoms with van der Waals surface area (Å²) in [5, 5.41) is 4.73. The Labute approximate surface area is 349 Å². The van der Waals surface area contributed by atoms with Gasteiger partial charge in [-0.2, -0.15) is 0 Å². The first-order valence-electron chi connectivity index (χ1n) is 20.8. The van der Waals surface area contributed by atoms with Gasteiger partial charge in [-0.3, -0.25) is 0 Å². The Morgan fingerprint density at radius 2 is 1.00 bits per heavy atom. The Balaban J connectivity index is 1.01. The molecule has 3 heteroatoms. The highest BCUT2D eigenvalue weighted by Gasteiger charge is 2.37. The summed E-state index contributed by atoms with van der Waals surface area (Å²) >= 11 is 0. The number of rotatable bonds is 6. The second kappa shape index (κ2) is 13.2. The molecule has 0 unspecified atom stereocenters. The van der Waals surface area contributed by atoms with Crippen LogP contribution in [-0.2, 0) is 5.41 Å². The third kappa shape index (κ3) is 5.15. The molecule has 3 nitrogen and oxygen atoms in total. The molecule has 11 aromatic rings. The van der Waals surface area contributed by atoms with E-state index in [1.165, 1.54) is 60.8 Å². The highest BCUT2D eigenvalue weighted by Crippen LogP contribution is 2.53. The molecule has 0 atom stereocenters. The van der Waals surface area contributed by atoms with Gasteiger partial charge in [-0.15, -0.1) is 0 Å². The predicted octanol–water partition coefficient (Wildman–Crippen LogP) is 15.8. The van der Waals surface area contributed by atoms with E-state index < -0.39 is 0 Å². The Hall–Kier alpha value is -7.62. The third-order valence-electron chi connectivity index (χ3n) is 12.8. The Morgan fingerprint density at radius 3 is 1.77 bits per heavy atom. The maximum atomic E-state index is 7.15. The summed E-state index contributed by atoms with van der Waals surface area (Å²) in [5.74, 6) is 0. The number of aromatic nitrogens is 1. The van der Waals surface area contributed by atoms with E-state index >= 15 is 0 Å². The SMILES string of the molecule is CC1(C)c2ccccc2-c2c1ccc1c2oc2c(N(c3ccc(-c4ccccc4)cc3)c3ccc(-c4ccc5c(c4)c4ccccc4n5-c4ccccc4)cc3)cccc21. The van der Waals surface area contributed by atoms with Crippen LogP contribution < -0.4 is 4.90 Å². The van der Waals surface area contributed by atoms with Crippen LogP contribution >= 0.6 is 0 Å². The van der Waals surface area contributed by atoms with Gasteiger partial charge in [0.25, 0.3) is 0 Å². The fourth-order valence-corrected chi connectivity index (χ4v) is 9.87. The summed E-state index contributed by atoms with van der Waals surface area (Å²) < 4.78 is 9.52. The van der Waals surface area contributed by atoms with Gasteiger partial charge in [0.05, 0.1) is 16.7 Å². The molecule has 0 saturated heterocycles. The monoisotopic (exact) mass is 768 g/mol. The van der Waals surface area contributed by atoms with E-state index in [1.54, 1.807) is 0 Å². The molecule has 0 amide bonds. The summed E-state index contributed by atoms with van der Waals surface area (Å²) in [5.41, 5.74) is 18.2. The molecule has 1 aliphatic carbocycles. The number of furan rings is 1. The molecule has 0 fully saturated rings. The predicted molar refractivity (Wildman–Crippen MR) is 251 cm³/mol. The van der Waals surface area contributed by atoms with Crippen molar-refractivity contribution in [1.82, 2.24) is 4.57 Å². The lowest BCUT2D eigenvalue weighted by Crippen LogP contribution is -2.14.